The Balaban J connectivity index is 1.46. The van der Waals surface area contributed by atoms with Gasteiger partial charge in [-0.05, 0) is 35.9 Å². The first-order valence-electron chi connectivity index (χ1n) is 8.86. The van der Waals surface area contributed by atoms with Gasteiger partial charge in [-0.25, -0.2) is 0 Å². The molecule has 0 unspecified atom stereocenters. The number of halogens is 4. The second kappa shape index (κ2) is 8.84. The van der Waals surface area contributed by atoms with E-state index in [0.717, 1.165) is 6.07 Å². The van der Waals surface area contributed by atoms with Crippen molar-refractivity contribution >= 4 is 17.5 Å². The molecule has 28 heavy (non-hydrogen) atoms. The number of hydrogen-bond donors (Lipinski definition) is 0. The lowest BCUT2D eigenvalue weighted by Gasteiger charge is -2.34. The number of hydrogen-bond acceptors (Lipinski definition) is 3. The van der Waals surface area contributed by atoms with Crippen molar-refractivity contribution in [1.29, 1.82) is 0 Å². The molecular formula is C20H20ClF3N2O2. The lowest BCUT2D eigenvalue weighted by Crippen LogP contribution is -2.49. The van der Waals surface area contributed by atoms with Crippen LogP contribution >= 0.6 is 11.6 Å². The predicted octanol–water partition coefficient (Wildman–Crippen LogP) is 4.08. The molecule has 1 heterocycles. The van der Waals surface area contributed by atoms with E-state index in [0.29, 0.717) is 49.1 Å². The Hall–Kier alpha value is -2.25. The second-order valence-electron chi connectivity index (χ2n) is 6.60. The fourth-order valence-corrected chi connectivity index (χ4v) is 3.15. The summed E-state index contributed by atoms with van der Waals surface area (Å²) in [5.74, 6) is 0.453. The van der Waals surface area contributed by atoms with Gasteiger partial charge in [0.1, 0.15) is 5.75 Å². The van der Waals surface area contributed by atoms with E-state index in [2.05, 4.69) is 0 Å². The second-order valence-corrected chi connectivity index (χ2v) is 7.03. The van der Waals surface area contributed by atoms with E-state index in [-0.39, 0.29) is 12.5 Å². The molecule has 2 aromatic carbocycles. The first-order valence-corrected chi connectivity index (χ1v) is 9.24. The summed E-state index contributed by atoms with van der Waals surface area (Å²) in [6, 6.07) is 12.1. The number of alkyl halides is 3. The molecule has 3 rings (SSSR count). The fraction of sp³-hybridized carbons (Fsp3) is 0.350. The molecule has 0 spiro atoms. The molecule has 0 saturated carbocycles. The van der Waals surface area contributed by atoms with Crippen molar-refractivity contribution in [3.8, 4) is 5.75 Å². The molecule has 1 saturated heterocycles. The molecule has 0 aromatic heterocycles. The molecule has 0 atom stereocenters. The Bertz CT molecular complexity index is 804. The highest BCUT2D eigenvalue weighted by molar-refractivity contribution is 6.30. The van der Waals surface area contributed by atoms with Gasteiger partial charge in [0.15, 0.2) is 6.61 Å². The van der Waals surface area contributed by atoms with Crippen LogP contribution in [0.4, 0.5) is 13.2 Å². The zero-order valence-electron chi connectivity index (χ0n) is 15.1. The summed E-state index contributed by atoms with van der Waals surface area (Å²) in [6.07, 6.45) is -4.34. The molecule has 1 aliphatic heterocycles. The van der Waals surface area contributed by atoms with Gasteiger partial charge >= 0.3 is 6.18 Å². The highest BCUT2D eigenvalue weighted by Crippen LogP contribution is 2.29. The summed E-state index contributed by atoms with van der Waals surface area (Å²) in [5, 5.41) is 0.593. The van der Waals surface area contributed by atoms with E-state index in [1.165, 1.54) is 12.1 Å². The van der Waals surface area contributed by atoms with Crippen molar-refractivity contribution in [2.45, 2.75) is 12.7 Å². The van der Waals surface area contributed by atoms with Crippen LogP contribution in [0.2, 0.25) is 5.02 Å². The van der Waals surface area contributed by atoms with Crippen molar-refractivity contribution in [1.82, 2.24) is 9.80 Å². The van der Waals surface area contributed by atoms with Crippen LogP contribution in [0.1, 0.15) is 11.1 Å². The van der Waals surface area contributed by atoms with Crippen molar-refractivity contribution in [3.63, 3.8) is 0 Å². The molecule has 150 valence electrons. The van der Waals surface area contributed by atoms with Gasteiger partial charge in [-0.1, -0.05) is 29.8 Å². The van der Waals surface area contributed by atoms with Crippen LogP contribution < -0.4 is 4.74 Å². The topological polar surface area (TPSA) is 32.8 Å². The third-order valence-electron chi connectivity index (χ3n) is 4.56. The van der Waals surface area contributed by atoms with Crippen molar-refractivity contribution in [2.24, 2.45) is 0 Å². The number of benzene rings is 2. The van der Waals surface area contributed by atoms with E-state index in [4.69, 9.17) is 16.3 Å². The minimum atomic E-state index is -4.34. The highest BCUT2D eigenvalue weighted by atomic mass is 35.5. The summed E-state index contributed by atoms with van der Waals surface area (Å²) in [6.45, 7) is 2.60. The third kappa shape index (κ3) is 5.62. The molecule has 4 nitrogen and oxygen atoms in total. The molecule has 0 radical (unpaired) electrons. The largest absolute Gasteiger partial charge is 0.484 e. The number of ether oxygens (including phenoxy) is 1. The maximum absolute atomic E-state index is 12.8. The van der Waals surface area contributed by atoms with Crippen molar-refractivity contribution in [3.05, 3.63) is 64.7 Å². The quantitative estimate of drug-likeness (QED) is 0.741. The number of carbonyl (C=O) groups is 1. The number of piperazine rings is 1. The summed E-state index contributed by atoms with van der Waals surface area (Å²) < 4.78 is 43.9. The maximum Gasteiger partial charge on any atom is 0.416 e. The normalized spacial score (nSPS) is 15.5. The number of amides is 1. The maximum atomic E-state index is 12.8. The zero-order chi connectivity index (χ0) is 20.1. The lowest BCUT2D eigenvalue weighted by atomic mass is 10.1. The number of rotatable bonds is 5. The molecular weight excluding hydrogens is 393 g/mol. The average Bonchev–Trinajstić information content (AvgIpc) is 2.67. The Morgan fingerprint density at radius 3 is 2.36 bits per heavy atom. The van der Waals surface area contributed by atoms with Gasteiger partial charge in [0.05, 0.1) is 5.56 Å². The van der Waals surface area contributed by atoms with Gasteiger partial charge in [-0.3, -0.25) is 9.69 Å². The minimum absolute atomic E-state index is 0.0603. The van der Waals surface area contributed by atoms with Crippen LogP contribution in [0.15, 0.2) is 48.5 Å². The number of carbonyl (C=O) groups excluding carboxylic acids is 1. The Morgan fingerprint density at radius 1 is 1.04 bits per heavy atom. The first kappa shape index (κ1) is 20.5. The summed E-state index contributed by atoms with van der Waals surface area (Å²) >= 11 is 5.81. The van der Waals surface area contributed by atoms with Crippen LogP contribution in [0, 0.1) is 0 Å². The van der Waals surface area contributed by atoms with Crippen molar-refractivity contribution in [2.75, 3.05) is 32.8 Å². The van der Waals surface area contributed by atoms with Gasteiger partial charge in [0.2, 0.25) is 0 Å². The first-order chi connectivity index (χ1) is 13.3. The molecule has 1 aliphatic rings. The smallest absolute Gasteiger partial charge is 0.416 e. The molecule has 1 amide bonds. The molecule has 0 N–H and O–H groups in total. The standard InChI is InChI=1S/C20H20ClF3N2O2/c21-17-4-6-18(7-5-17)28-14-19(27)26-10-8-25(9-11-26)13-15-2-1-3-16(12-15)20(22,23)24/h1-7,12H,8-11,13-14H2. The van der Waals surface area contributed by atoms with E-state index in [1.54, 1.807) is 35.2 Å². The predicted molar refractivity (Wildman–Crippen MR) is 100 cm³/mol. The van der Waals surface area contributed by atoms with E-state index in [1.807, 2.05) is 4.90 Å². The van der Waals surface area contributed by atoms with Crippen LogP contribution in [-0.2, 0) is 17.5 Å². The third-order valence-corrected chi connectivity index (χ3v) is 4.81. The summed E-state index contributed by atoms with van der Waals surface area (Å²) in [4.78, 5) is 16.0. The van der Waals surface area contributed by atoms with Crippen LogP contribution in [0.25, 0.3) is 0 Å². The van der Waals surface area contributed by atoms with E-state index < -0.39 is 11.7 Å². The zero-order valence-corrected chi connectivity index (χ0v) is 15.8. The van der Waals surface area contributed by atoms with Gasteiger partial charge in [0.25, 0.3) is 5.91 Å². The Labute approximate surface area is 166 Å². The Morgan fingerprint density at radius 2 is 1.71 bits per heavy atom. The molecule has 2 aromatic rings. The highest BCUT2D eigenvalue weighted by Gasteiger charge is 2.30. The fourth-order valence-electron chi connectivity index (χ4n) is 3.03. The Kier molecular flexibility index (Phi) is 6.46. The van der Waals surface area contributed by atoms with E-state index in [9.17, 15) is 18.0 Å². The van der Waals surface area contributed by atoms with Crippen LogP contribution in [0.3, 0.4) is 0 Å². The summed E-state index contributed by atoms with van der Waals surface area (Å²) in [7, 11) is 0. The van der Waals surface area contributed by atoms with Gasteiger partial charge in [0, 0.05) is 37.7 Å². The van der Waals surface area contributed by atoms with Crippen molar-refractivity contribution < 1.29 is 22.7 Å². The van der Waals surface area contributed by atoms with Crippen LogP contribution in [0.5, 0.6) is 5.75 Å². The average molecular weight is 413 g/mol. The summed E-state index contributed by atoms with van der Waals surface area (Å²) in [5.41, 5.74) is -0.0289. The minimum Gasteiger partial charge on any atom is -0.484 e. The molecule has 0 aliphatic carbocycles. The molecule has 0 bridgehead atoms. The lowest BCUT2D eigenvalue weighted by molar-refractivity contribution is -0.138. The molecule has 1 fully saturated rings. The monoisotopic (exact) mass is 412 g/mol. The van der Waals surface area contributed by atoms with Gasteiger partial charge < -0.3 is 9.64 Å². The van der Waals surface area contributed by atoms with Gasteiger partial charge in [-0.15, -0.1) is 0 Å². The van der Waals surface area contributed by atoms with E-state index >= 15 is 0 Å². The van der Waals surface area contributed by atoms with Gasteiger partial charge in [-0.2, -0.15) is 13.2 Å². The number of nitrogens with zero attached hydrogens (tertiary/aromatic N) is 2. The van der Waals surface area contributed by atoms with Crippen LogP contribution in [-0.4, -0.2) is 48.5 Å². The SMILES string of the molecule is O=C(COc1ccc(Cl)cc1)N1CCN(Cc2cccc(C(F)(F)F)c2)CC1. The molecule has 8 heteroatoms.